The van der Waals surface area contributed by atoms with E-state index < -0.39 is 0 Å². The van der Waals surface area contributed by atoms with Gasteiger partial charge in [0.2, 0.25) is 0 Å². The second-order valence-corrected chi connectivity index (χ2v) is 6.11. The first kappa shape index (κ1) is 19.4. The molecule has 0 aliphatic rings. The second-order valence-electron chi connectivity index (χ2n) is 6.11. The van der Waals surface area contributed by atoms with Crippen LogP contribution >= 0.6 is 0 Å². The third-order valence-corrected chi connectivity index (χ3v) is 4.90. The van der Waals surface area contributed by atoms with Gasteiger partial charge in [-0.25, -0.2) is 0 Å². The molecule has 0 saturated carbocycles. The van der Waals surface area contributed by atoms with E-state index in [4.69, 9.17) is 0 Å². The molecule has 1 radical (unpaired) electrons. The molecule has 0 amide bonds. The molecule has 0 aliphatic heterocycles. The normalized spacial score (nSPS) is 10.5. The van der Waals surface area contributed by atoms with Gasteiger partial charge in [-0.2, -0.15) is 45.5 Å². The minimum absolute atomic E-state index is 0. The molecule has 2 heteroatoms. The Bertz CT molecular complexity index is 653. The van der Waals surface area contributed by atoms with Crippen LogP contribution in [0, 0.1) is 60.6 Å². The van der Waals surface area contributed by atoms with E-state index in [0.717, 1.165) is 28.7 Å². The molecule has 2 rings (SSSR count). The Hall–Kier alpha value is -0.656. The minimum Gasteiger partial charge on any atom is -0.565 e. The van der Waals surface area contributed by atoms with Crippen LogP contribution < -0.4 is 0 Å². The minimum atomic E-state index is 0. The predicted octanol–water partition coefficient (Wildman–Crippen LogP) is 4.74. The van der Waals surface area contributed by atoms with Crippen LogP contribution in [0.25, 0.3) is 0 Å². The number of hydrogen-bond acceptors (Lipinski definition) is 1. The molecule has 0 atom stereocenters. The van der Waals surface area contributed by atoms with Gasteiger partial charge in [0, 0.05) is 38.5 Å². The van der Waals surface area contributed by atoms with Crippen molar-refractivity contribution in [3.05, 3.63) is 62.2 Å². The van der Waals surface area contributed by atoms with E-state index in [1.165, 1.54) is 27.8 Å². The summed E-state index contributed by atoms with van der Waals surface area (Å²) < 4.78 is 0. The Kier molecular flexibility index (Phi) is 6.41. The van der Waals surface area contributed by atoms with Gasteiger partial charge in [-0.1, -0.05) is 48.5 Å². The van der Waals surface area contributed by atoms with Gasteiger partial charge < -0.3 is 5.11 Å². The monoisotopic (exact) mass is 369 g/mol. The van der Waals surface area contributed by atoms with E-state index in [1.54, 1.807) is 0 Å². The standard InChI is InChI=1S/C20H24O.Y/c1-11-8-18(15(5)14(4)13(11)3)10-19-9-12(2)20(21)17(7)16(19)6;/h21H,10H2,1-7H3;/q-2;. The van der Waals surface area contributed by atoms with E-state index in [9.17, 15) is 5.11 Å². The van der Waals surface area contributed by atoms with Crippen LogP contribution in [0.4, 0.5) is 0 Å². The topological polar surface area (TPSA) is 20.2 Å². The summed E-state index contributed by atoms with van der Waals surface area (Å²) in [7, 11) is 0. The van der Waals surface area contributed by atoms with E-state index in [2.05, 4.69) is 46.8 Å². The number of benzene rings is 2. The van der Waals surface area contributed by atoms with E-state index in [0.29, 0.717) is 5.75 Å². The summed E-state index contributed by atoms with van der Waals surface area (Å²) in [6.07, 6.45) is 0.821. The van der Waals surface area contributed by atoms with Crippen LogP contribution in [0.1, 0.15) is 50.1 Å². The van der Waals surface area contributed by atoms with Crippen molar-refractivity contribution in [2.45, 2.75) is 54.9 Å². The zero-order valence-corrected chi connectivity index (χ0v) is 17.6. The molecular formula is C20H24OY-2. The van der Waals surface area contributed by atoms with Gasteiger partial charge in [0.15, 0.2) is 0 Å². The molecule has 0 bridgehead atoms. The first-order valence-corrected chi connectivity index (χ1v) is 7.43. The summed E-state index contributed by atoms with van der Waals surface area (Å²) in [6.45, 7) is 14.6. The number of phenolic OH excluding ortho intramolecular Hbond substituents is 1. The Labute approximate surface area is 160 Å². The van der Waals surface area contributed by atoms with Crippen molar-refractivity contribution in [1.82, 2.24) is 0 Å². The molecule has 2 aromatic carbocycles. The molecule has 1 N–H and O–H groups in total. The van der Waals surface area contributed by atoms with Gasteiger partial charge >= 0.3 is 0 Å². The van der Waals surface area contributed by atoms with Crippen molar-refractivity contribution in [2.75, 3.05) is 0 Å². The summed E-state index contributed by atoms with van der Waals surface area (Å²) >= 11 is 0. The molecule has 2 aromatic rings. The van der Waals surface area contributed by atoms with Crippen molar-refractivity contribution in [1.29, 1.82) is 0 Å². The average Bonchev–Trinajstić information content (AvgIpc) is 2.45. The Morgan fingerprint density at radius 2 is 1.09 bits per heavy atom. The molecule has 0 unspecified atom stereocenters. The smallest absolute Gasteiger partial charge is 0.00927 e. The molecule has 0 fully saturated rings. The van der Waals surface area contributed by atoms with Gasteiger partial charge in [-0.3, -0.25) is 0 Å². The van der Waals surface area contributed by atoms with Crippen LogP contribution in [0.15, 0.2) is 0 Å². The fourth-order valence-electron chi connectivity index (χ4n) is 2.80. The van der Waals surface area contributed by atoms with Crippen molar-refractivity contribution in [2.24, 2.45) is 0 Å². The first-order valence-electron chi connectivity index (χ1n) is 7.43. The van der Waals surface area contributed by atoms with Crippen molar-refractivity contribution >= 4 is 0 Å². The van der Waals surface area contributed by atoms with Crippen molar-refractivity contribution in [3.63, 3.8) is 0 Å². The Morgan fingerprint density at radius 3 is 1.64 bits per heavy atom. The summed E-state index contributed by atoms with van der Waals surface area (Å²) in [5.41, 5.74) is 10.5. The van der Waals surface area contributed by atoms with Crippen LogP contribution in [-0.4, -0.2) is 5.11 Å². The Morgan fingerprint density at radius 1 is 0.636 bits per heavy atom. The second kappa shape index (κ2) is 7.28. The Balaban J connectivity index is 0.00000242. The maximum absolute atomic E-state index is 10.0. The summed E-state index contributed by atoms with van der Waals surface area (Å²) in [6, 6.07) is 6.88. The van der Waals surface area contributed by atoms with Crippen molar-refractivity contribution < 1.29 is 37.8 Å². The molecule has 0 aromatic heterocycles. The fourth-order valence-corrected chi connectivity index (χ4v) is 2.80. The molecule has 0 spiro atoms. The maximum Gasteiger partial charge on any atom is 0.00927 e. The fraction of sp³-hybridized carbons (Fsp3) is 0.400. The van der Waals surface area contributed by atoms with E-state index in [-0.39, 0.29) is 32.7 Å². The molecule has 22 heavy (non-hydrogen) atoms. The number of aromatic hydroxyl groups is 1. The van der Waals surface area contributed by atoms with Crippen LogP contribution in [0.5, 0.6) is 5.75 Å². The molecule has 115 valence electrons. The summed E-state index contributed by atoms with van der Waals surface area (Å²) in [5.74, 6) is 0.369. The molecule has 0 heterocycles. The third-order valence-electron chi connectivity index (χ3n) is 4.90. The number of phenols is 1. The van der Waals surface area contributed by atoms with Crippen LogP contribution in [-0.2, 0) is 39.1 Å². The predicted molar refractivity (Wildman–Crippen MR) is 88.2 cm³/mol. The van der Waals surface area contributed by atoms with Gasteiger partial charge in [0.25, 0.3) is 0 Å². The van der Waals surface area contributed by atoms with E-state index >= 15 is 0 Å². The average molecular weight is 369 g/mol. The summed E-state index contributed by atoms with van der Waals surface area (Å²) in [4.78, 5) is 0. The SMILES string of the molecule is Cc1[c-]c(Cc2[c-]c(C)c(O)c(C)c2C)c(C)c(C)c1C.[Y]. The zero-order valence-electron chi connectivity index (χ0n) is 14.7. The third kappa shape index (κ3) is 3.46. The van der Waals surface area contributed by atoms with Gasteiger partial charge in [0.1, 0.15) is 0 Å². The number of aryl methyl sites for hydroxylation is 2. The molecule has 0 saturated heterocycles. The molecule has 1 nitrogen and oxygen atoms in total. The van der Waals surface area contributed by atoms with Crippen molar-refractivity contribution in [3.8, 4) is 5.75 Å². The van der Waals surface area contributed by atoms with E-state index in [1.807, 2.05) is 13.8 Å². The zero-order chi connectivity index (χ0) is 15.9. The number of rotatable bonds is 2. The largest absolute Gasteiger partial charge is 0.565 e. The summed E-state index contributed by atoms with van der Waals surface area (Å²) in [5, 5.41) is 10.0. The van der Waals surface area contributed by atoms with Gasteiger partial charge in [-0.05, 0) is 6.42 Å². The van der Waals surface area contributed by atoms with Crippen LogP contribution in [0.2, 0.25) is 0 Å². The first-order chi connectivity index (χ1) is 9.73. The molecule has 0 aliphatic carbocycles. The van der Waals surface area contributed by atoms with Crippen LogP contribution in [0.3, 0.4) is 0 Å². The number of hydrogen-bond donors (Lipinski definition) is 1. The quantitative estimate of drug-likeness (QED) is 0.759. The van der Waals surface area contributed by atoms with Gasteiger partial charge in [0.05, 0.1) is 0 Å². The molecular weight excluding hydrogens is 345 g/mol. The maximum atomic E-state index is 10.0. The van der Waals surface area contributed by atoms with Gasteiger partial charge in [-0.15, -0.1) is 16.7 Å².